The Labute approximate surface area is 221 Å². The molecule has 0 aromatic rings. The minimum atomic E-state index is -1.56. The van der Waals surface area contributed by atoms with Crippen molar-refractivity contribution in [2.45, 2.75) is 95.8 Å². The van der Waals surface area contributed by atoms with E-state index in [2.05, 4.69) is 0 Å². The molecule has 37 heavy (non-hydrogen) atoms. The molecule has 9 atom stereocenters. The lowest BCUT2D eigenvalue weighted by molar-refractivity contribution is -0.213. The quantitative estimate of drug-likeness (QED) is 0.168. The van der Waals surface area contributed by atoms with Crippen LogP contribution in [0.15, 0.2) is 23.5 Å². The number of ether oxygens (including phenoxy) is 6. The number of epoxide rings is 2. The van der Waals surface area contributed by atoms with Gasteiger partial charge in [0.2, 0.25) is 6.29 Å². The highest BCUT2D eigenvalue weighted by atomic mass is 35.5. The summed E-state index contributed by atoms with van der Waals surface area (Å²) in [6.07, 6.45) is 0.747. The molecule has 206 valence electrons. The number of alkyl halides is 1. The minimum Gasteiger partial charge on any atom is -0.462 e. The van der Waals surface area contributed by atoms with Crippen LogP contribution in [0.3, 0.4) is 0 Å². The number of carbonyl (C=O) groups is 3. The average molecular weight is 543 g/mol. The van der Waals surface area contributed by atoms with Gasteiger partial charge < -0.3 is 33.5 Å². The van der Waals surface area contributed by atoms with Crippen molar-refractivity contribution in [3.05, 3.63) is 23.5 Å². The summed E-state index contributed by atoms with van der Waals surface area (Å²) in [7, 11) is 0. The largest absolute Gasteiger partial charge is 0.462 e. The Morgan fingerprint density at radius 2 is 1.84 bits per heavy atom. The monoisotopic (exact) mass is 542 g/mol. The number of aliphatic hydroxyl groups is 1. The van der Waals surface area contributed by atoms with Gasteiger partial charge in [-0.2, -0.15) is 0 Å². The topological polar surface area (TPSA) is 133 Å². The van der Waals surface area contributed by atoms with Crippen molar-refractivity contribution in [3.8, 4) is 0 Å². The fourth-order valence-electron chi connectivity index (χ4n) is 5.77. The molecule has 1 N–H and O–H groups in total. The van der Waals surface area contributed by atoms with Crippen LogP contribution in [0.1, 0.15) is 53.9 Å². The van der Waals surface area contributed by atoms with E-state index in [-0.39, 0.29) is 24.5 Å². The highest BCUT2D eigenvalue weighted by Gasteiger charge is 2.67. The zero-order valence-corrected chi connectivity index (χ0v) is 22.5. The molecular formula is C26H35ClO10. The Kier molecular flexibility index (Phi) is 7.95. The highest BCUT2D eigenvalue weighted by molar-refractivity contribution is 6.18. The van der Waals surface area contributed by atoms with Crippen LogP contribution in [-0.2, 0) is 42.8 Å². The van der Waals surface area contributed by atoms with Crippen LogP contribution in [0.4, 0.5) is 0 Å². The first-order chi connectivity index (χ1) is 17.4. The van der Waals surface area contributed by atoms with Crippen LogP contribution in [0, 0.1) is 11.8 Å². The van der Waals surface area contributed by atoms with Crippen LogP contribution < -0.4 is 0 Å². The lowest BCUT2D eigenvalue weighted by Gasteiger charge is -2.46. The van der Waals surface area contributed by atoms with Gasteiger partial charge in [-0.3, -0.25) is 14.4 Å². The van der Waals surface area contributed by atoms with Gasteiger partial charge >= 0.3 is 17.9 Å². The van der Waals surface area contributed by atoms with Crippen LogP contribution in [-0.4, -0.2) is 77.4 Å². The molecule has 1 aliphatic carbocycles. The maximum Gasteiger partial charge on any atom is 0.305 e. The SMILES string of the molecule is CC(=O)OC(C=C(C)C)C(OC(C)=O)C1=CO[C@H](OC(C)=O)[C@@H]2[C@@H]1CC[C@@]1(CO1)[C@H]1O[C@@H]1C[C@@]2(O)CCl. The fraction of sp³-hybridized carbons (Fsp3) is 0.731. The van der Waals surface area contributed by atoms with E-state index < -0.39 is 59.4 Å². The molecule has 4 rings (SSSR count). The molecule has 3 heterocycles. The van der Waals surface area contributed by atoms with E-state index in [0.29, 0.717) is 25.0 Å². The molecule has 3 fully saturated rings. The molecule has 11 heteroatoms. The Balaban J connectivity index is 1.81. The molecule has 1 spiro atoms. The van der Waals surface area contributed by atoms with E-state index in [1.807, 2.05) is 13.8 Å². The standard InChI is InChI=1S/C26H35ClO10/c1-13(2)8-19(34-14(3)28)22(35-15(4)29)18-10-32-24(36-16(5)30)21-17(18)6-7-26(12-33-26)23-20(37-23)9-25(21,31)11-27/h8,10,17,19-24,31H,6-7,9,11-12H2,1-5H3/t17-,19?,20-,21+,22?,23+,24-,25-,26-/m1/s1. The van der Waals surface area contributed by atoms with Gasteiger partial charge in [-0.05, 0) is 38.7 Å². The minimum absolute atomic E-state index is 0.161. The molecule has 0 radical (unpaired) electrons. The summed E-state index contributed by atoms with van der Waals surface area (Å²) in [4.78, 5) is 36.2. The van der Waals surface area contributed by atoms with Crippen molar-refractivity contribution >= 4 is 29.5 Å². The van der Waals surface area contributed by atoms with Crippen molar-refractivity contribution in [2.75, 3.05) is 12.5 Å². The summed E-state index contributed by atoms with van der Waals surface area (Å²) in [6, 6.07) is 0. The molecule has 0 aromatic carbocycles. The van der Waals surface area contributed by atoms with Gasteiger partial charge in [-0.1, -0.05) is 5.57 Å². The second-order valence-electron chi connectivity index (χ2n) is 10.6. The highest BCUT2D eigenvalue weighted by Crippen LogP contribution is 2.55. The number of fused-ring (bicyclic) bond motifs is 3. The Hall–Kier alpha value is -2.14. The van der Waals surface area contributed by atoms with Crippen molar-refractivity contribution in [1.29, 1.82) is 0 Å². The number of halogens is 1. The van der Waals surface area contributed by atoms with Crippen LogP contribution >= 0.6 is 11.6 Å². The van der Waals surface area contributed by atoms with Gasteiger partial charge in [-0.15, -0.1) is 11.6 Å². The Bertz CT molecular complexity index is 984. The molecule has 2 saturated heterocycles. The summed E-state index contributed by atoms with van der Waals surface area (Å²) in [6.45, 7) is 7.99. The zero-order chi connectivity index (χ0) is 27.1. The van der Waals surface area contributed by atoms with Crippen molar-refractivity contribution in [2.24, 2.45) is 11.8 Å². The third-order valence-corrected chi connectivity index (χ3v) is 7.86. The second kappa shape index (κ2) is 10.6. The summed E-state index contributed by atoms with van der Waals surface area (Å²) < 4.78 is 34.4. The summed E-state index contributed by atoms with van der Waals surface area (Å²) >= 11 is 6.39. The van der Waals surface area contributed by atoms with Crippen molar-refractivity contribution in [1.82, 2.24) is 0 Å². The van der Waals surface area contributed by atoms with Crippen molar-refractivity contribution < 1.29 is 47.9 Å². The molecule has 0 bridgehead atoms. The third-order valence-electron chi connectivity index (χ3n) is 7.40. The predicted octanol–water partition coefficient (Wildman–Crippen LogP) is 2.54. The van der Waals surface area contributed by atoms with Gasteiger partial charge in [0.25, 0.3) is 0 Å². The van der Waals surface area contributed by atoms with E-state index in [1.165, 1.54) is 27.0 Å². The smallest absolute Gasteiger partial charge is 0.305 e. The Morgan fingerprint density at radius 1 is 1.16 bits per heavy atom. The molecule has 1 saturated carbocycles. The molecule has 0 aromatic heterocycles. The van der Waals surface area contributed by atoms with Gasteiger partial charge in [0.05, 0.1) is 36.4 Å². The fourth-order valence-corrected chi connectivity index (χ4v) is 6.06. The Morgan fingerprint density at radius 3 is 2.38 bits per heavy atom. The van der Waals surface area contributed by atoms with Gasteiger partial charge in [0, 0.05) is 32.8 Å². The molecule has 2 unspecified atom stereocenters. The number of allylic oxidation sites excluding steroid dienone is 1. The van der Waals surface area contributed by atoms with E-state index in [9.17, 15) is 19.5 Å². The van der Waals surface area contributed by atoms with E-state index in [0.717, 1.165) is 5.57 Å². The molecule has 4 aliphatic rings. The van der Waals surface area contributed by atoms with Gasteiger partial charge in [0.15, 0.2) is 12.2 Å². The number of carbonyl (C=O) groups excluding carboxylic acids is 3. The predicted molar refractivity (Wildman–Crippen MR) is 129 cm³/mol. The second-order valence-corrected chi connectivity index (χ2v) is 10.9. The van der Waals surface area contributed by atoms with Gasteiger partial charge in [-0.25, -0.2) is 0 Å². The maximum absolute atomic E-state index is 12.2. The molecular weight excluding hydrogens is 508 g/mol. The normalized spacial score (nSPS) is 37.5. The van der Waals surface area contributed by atoms with Gasteiger partial charge in [0.1, 0.15) is 11.7 Å². The average Bonchev–Trinajstić information content (AvgIpc) is 3.70. The molecule has 10 nitrogen and oxygen atoms in total. The van der Waals surface area contributed by atoms with Crippen LogP contribution in [0.2, 0.25) is 0 Å². The van der Waals surface area contributed by atoms with Crippen molar-refractivity contribution in [3.63, 3.8) is 0 Å². The molecule has 3 aliphatic heterocycles. The van der Waals surface area contributed by atoms with E-state index in [1.54, 1.807) is 6.08 Å². The van der Waals surface area contributed by atoms with Crippen LogP contribution in [0.25, 0.3) is 0 Å². The third kappa shape index (κ3) is 5.97. The summed E-state index contributed by atoms with van der Waals surface area (Å²) in [5.41, 5.74) is -0.688. The zero-order valence-electron chi connectivity index (χ0n) is 21.7. The van der Waals surface area contributed by atoms with Crippen LogP contribution in [0.5, 0.6) is 0 Å². The first kappa shape index (κ1) is 27.9. The maximum atomic E-state index is 12.2. The lowest BCUT2D eigenvalue weighted by atomic mass is 9.69. The number of esters is 3. The first-order valence-electron chi connectivity index (χ1n) is 12.5. The summed E-state index contributed by atoms with van der Waals surface area (Å²) in [5, 5.41) is 11.9. The van der Waals surface area contributed by atoms with E-state index in [4.69, 9.17) is 40.0 Å². The number of hydrogen-bond donors (Lipinski definition) is 1. The summed E-state index contributed by atoms with van der Waals surface area (Å²) in [5.74, 6) is -3.25. The number of hydrogen-bond acceptors (Lipinski definition) is 10. The first-order valence-corrected chi connectivity index (χ1v) is 13.0. The number of rotatable bonds is 7. The molecule has 0 amide bonds. The van der Waals surface area contributed by atoms with E-state index >= 15 is 0 Å². The lowest BCUT2D eigenvalue weighted by Crippen LogP contribution is -2.55.